The number of nitrogens with zero attached hydrogens (tertiary/aromatic N) is 1. The van der Waals surface area contributed by atoms with Gasteiger partial charge in [0, 0.05) is 29.0 Å². The molecule has 0 aliphatic carbocycles. The van der Waals surface area contributed by atoms with Crippen LogP contribution in [0.1, 0.15) is 31.2 Å². The molecule has 2 rings (SSSR count). The number of amides is 2. The summed E-state index contributed by atoms with van der Waals surface area (Å²) in [5.41, 5.74) is 6.52. The second-order valence-corrected chi connectivity index (χ2v) is 9.94. The van der Waals surface area contributed by atoms with Crippen LogP contribution >= 0.6 is 27.3 Å². The molecule has 3 N–H and O–H groups in total. The summed E-state index contributed by atoms with van der Waals surface area (Å²) in [6, 6.07) is 4.27. The van der Waals surface area contributed by atoms with Gasteiger partial charge < -0.3 is 11.1 Å². The van der Waals surface area contributed by atoms with E-state index in [0.29, 0.717) is 15.0 Å². The van der Waals surface area contributed by atoms with Crippen LogP contribution in [0.3, 0.4) is 0 Å². The number of hydrogen-bond acceptors (Lipinski definition) is 5. The van der Waals surface area contributed by atoms with Crippen molar-refractivity contribution in [3.63, 3.8) is 0 Å². The molecule has 0 aliphatic rings. The summed E-state index contributed by atoms with van der Waals surface area (Å²) in [5, 5.41) is 3.00. The molecule has 0 fully saturated rings. The highest BCUT2D eigenvalue weighted by molar-refractivity contribution is 9.10. The van der Waals surface area contributed by atoms with Gasteiger partial charge in [0.1, 0.15) is 5.00 Å². The number of nitrogens with two attached hydrogens (primary N) is 1. The van der Waals surface area contributed by atoms with Gasteiger partial charge in [-0.05, 0) is 53.5 Å². The Morgan fingerprint density at radius 1 is 1.23 bits per heavy atom. The molecule has 0 radical (unpaired) electrons. The Balaban J connectivity index is 2.44. The molecule has 26 heavy (non-hydrogen) atoms. The molecule has 1 aromatic carbocycles. The Labute approximate surface area is 164 Å². The lowest BCUT2D eigenvalue weighted by Crippen LogP contribution is -2.23. The molecule has 10 heteroatoms. The van der Waals surface area contributed by atoms with Crippen molar-refractivity contribution in [2.45, 2.75) is 18.7 Å². The SMILES string of the molecule is Cc1sc(NC(=O)c2ccc(Br)c(S(=O)(=O)N(C)C)c2)c(C(N)=O)c1C. The summed E-state index contributed by atoms with van der Waals surface area (Å²) < 4.78 is 26.2. The van der Waals surface area contributed by atoms with Gasteiger partial charge in [0.15, 0.2) is 0 Å². The number of anilines is 1. The van der Waals surface area contributed by atoms with Crippen molar-refractivity contribution >= 4 is 54.1 Å². The van der Waals surface area contributed by atoms with Crippen molar-refractivity contribution in [2.75, 3.05) is 19.4 Å². The third-order valence-electron chi connectivity index (χ3n) is 3.81. The van der Waals surface area contributed by atoms with E-state index < -0.39 is 21.8 Å². The van der Waals surface area contributed by atoms with Gasteiger partial charge in [0.2, 0.25) is 10.0 Å². The van der Waals surface area contributed by atoms with Gasteiger partial charge in [-0.1, -0.05) is 0 Å². The lowest BCUT2D eigenvalue weighted by molar-refractivity contribution is 0.100. The smallest absolute Gasteiger partial charge is 0.256 e. The zero-order valence-corrected chi connectivity index (χ0v) is 17.8. The molecule has 1 aromatic heterocycles. The largest absolute Gasteiger partial charge is 0.365 e. The van der Waals surface area contributed by atoms with Crippen molar-refractivity contribution in [1.82, 2.24) is 4.31 Å². The first-order valence-electron chi connectivity index (χ1n) is 7.40. The number of thiophene rings is 1. The van der Waals surface area contributed by atoms with Gasteiger partial charge in [-0.15, -0.1) is 11.3 Å². The molecule has 2 aromatic rings. The van der Waals surface area contributed by atoms with E-state index >= 15 is 0 Å². The van der Waals surface area contributed by atoms with Crippen molar-refractivity contribution < 1.29 is 18.0 Å². The maximum Gasteiger partial charge on any atom is 0.256 e. The molecule has 0 saturated carbocycles. The fourth-order valence-corrected chi connectivity index (χ4v) is 5.13. The molecule has 0 spiro atoms. The molecule has 7 nitrogen and oxygen atoms in total. The molecule has 0 atom stereocenters. The second kappa shape index (κ2) is 7.47. The van der Waals surface area contributed by atoms with Crippen LogP contribution < -0.4 is 11.1 Å². The molecule has 0 unspecified atom stereocenters. The average molecular weight is 460 g/mol. The summed E-state index contributed by atoms with van der Waals surface area (Å²) in [6.45, 7) is 3.58. The third kappa shape index (κ3) is 3.83. The highest BCUT2D eigenvalue weighted by Gasteiger charge is 2.24. The average Bonchev–Trinajstić information content (AvgIpc) is 2.81. The molecule has 0 bridgehead atoms. The van der Waals surface area contributed by atoms with Gasteiger partial charge in [-0.3, -0.25) is 9.59 Å². The number of aryl methyl sites for hydroxylation is 1. The number of carbonyl (C=O) groups excluding carboxylic acids is 2. The molecule has 1 heterocycles. The summed E-state index contributed by atoms with van der Waals surface area (Å²) >= 11 is 4.44. The number of sulfonamides is 1. The summed E-state index contributed by atoms with van der Waals surface area (Å²) in [5.74, 6) is -1.16. The standard InChI is InChI=1S/C16H18BrN3O4S2/c1-8-9(2)25-16(13(8)14(18)21)19-15(22)10-5-6-11(17)12(7-10)26(23,24)20(3)4/h5-7H,1-4H3,(H2,18,21)(H,19,22). The van der Waals surface area contributed by atoms with Crippen molar-refractivity contribution in [3.05, 3.63) is 44.2 Å². The lowest BCUT2D eigenvalue weighted by Gasteiger charge is -2.14. The molecular formula is C16H18BrN3O4S2. The van der Waals surface area contributed by atoms with Gasteiger partial charge in [0.05, 0.1) is 10.5 Å². The van der Waals surface area contributed by atoms with Crippen molar-refractivity contribution in [2.24, 2.45) is 5.73 Å². The fourth-order valence-electron chi connectivity index (χ4n) is 2.23. The highest BCUT2D eigenvalue weighted by atomic mass is 79.9. The second-order valence-electron chi connectivity index (χ2n) is 5.74. The molecule has 140 valence electrons. The maximum absolute atomic E-state index is 12.6. The normalized spacial score (nSPS) is 11.6. The van der Waals surface area contributed by atoms with E-state index in [9.17, 15) is 18.0 Å². The number of nitrogens with one attached hydrogen (secondary N) is 1. The minimum Gasteiger partial charge on any atom is -0.365 e. The van der Waals surface area contributed by atoms with E-state index in [0.717, 1.165) is 9.18 Å². The van der Waals surface area contributed by atoms with Crippen molar-refractivity contribution in [1.29, 1.82) is 0 Å². The van der Waals surface area contributed by atoms with E-state index in [2.05, 4.69) is 21.2 Å². The molecular weight excluding hydrogens is 442 g/mol. The number of rotatable bonds is 5. The first kappa shape index (κ1) is 20.6. The van der Waals surface area contributed by atoms with Gasteiger partial charge >= 0.3 is 0 Å². The first-order chi connectivity index (χ1) is 12.0. The number of benzene rings is 1. The van der Waals surface area contributed by atoms with E-state index in [1.807, 2.05) is 6.92 Å². The van der Waals surface area contributed by atoms with Gasteiger partial charge in [-0.2, -0.15) is 0 Å². The molecule has 0 aliphatic heterocycles. The number of hydrogen-bond donors (Lipinski definition) is 2. The van der Waals surface area contributed by atoms with E-state index in [1.54, 1.807) is 6.92 Å². The lowest BCUT2D eigenvalue weighted by atomic mass is 10.1. The summed E-state index contributed by atoms with van der Waals surface area (Å²) in [4.78, 5) is 25.1. The fraction of sp³-hybridized carbons (Fsp3) is 0.250. The van der Waals surface area contributed by atoms with Crippen LogP contribution in [0.15, 0.2) is 27.6 Å². The topological polar surface area (TPSA) is 110 Å². The van der Waals surface area contributed by atoms with Crippen LogP contribution in [0.2, 0.25) is 0 Å². The minimum atomic E-state index is -3.73. The van der Waals surface area contributed by atoms with Crippen LogP contribution in [-0.2, 0) is 10.0 Å². The maximum atomic E-state index is 12.6. The Morgan fingerprint density at radius 3 is 2.38 bits per heavy atom. The van der Waals surface area contributed by atoms with E-state index in [4.69, 9.17) is 5.73 Å². The Morgan fingerprint density at radius 2 is 1.85 bits per heavy atom. The Bertz CT molecular complexity index is 997. The van der Waals surface area contributed by atoms with Crippen LogP contribution in [0.5, 0.6) is 0 Å². The third-order valence-corrected chi connectivity index (χ3v) is 7.74. The zero-order valence-electron chi connectivity index (χ0n) is 14.6. The Hall–Kier alpha value is -1.75. The molecule has 0 saturated heterocycles. The first-order valence-corrected chi connectivity index (χ1v) is 10.4. The predicted octanol–water partition coefficient (Wildman–Crippen LogP) is 2.73. The van der Waals surface area contributed by atoms with Crippen LogP contribution in [-0.4, -0.2) is 38.6 Å². The van der Waals surface area contributed by atoms with E-state index in [1.165, 1.54) is 43.6 Å². The van der Waals surface area contributed by atoms with Crippen LogP contribution in [0.4, 0.5) is 5.00 Å². The van der Waals surface area contributed by atoms with Gasteiger partial charge in [0.25, 0.3) is 11.8 Å². The van der Waals surface area contributed by atoms with Crippen molar-refractivity contribution in [3.8, 4) is 0 Å². The molecule has 2 amide bonds. The van der Waals surface area contributed by atoms with Gasteiger partial charge in [-0.25, -0.2) is 12.7 Å². The minimum absolute atomic E-state index is 0.0242. The van der Waals surface area contributed by atoms with Crippen LogP contribution in [0.25, 0.3) is 0 Å². The Kier molecular flexibility index (Phi) is 5.91. The predicted molar refractivity (Wildman–Crippen MR) is 105 cm³/mol. The summed E-state index contributed by atoms with van der Waals surface area (Å²) in [7, 11) is -0.911. The highest BCUT2D eigenvalue weighted by Crippen LogP contribution is 2.33. The van der Waals surface area contributed by atoms with E-state index in [-0.39, 0.29) is 16.0 Å². The monoisotopic (exact) mass is 459 g/mol. The quantitative estimate of drug-likeness (QED) is 0.715. The zero-order chi connectivity index (χ0) is 19.8. The number of halogens is 1. The summed E-state index contributed by atoms with van der Waals surface area (Å²) in [6.07, 6.45) is 0. The number of primary amides is 1. The number of carbonyl (C=O) groups is 2. The van der Waals surface area contributed by atoms with Crippen LogP contribution in [0, 0.1) is 13.8 Å².